The monoisotopic (exact) mass is 335 g/mol. The number of amides is 1. The lowest BCUT2D eigenvalue weighted by molar-refractivity contribution is -0.116. The molecular formula is C15H11BrClNO. The fourth-order valence-electron chi connectivity index (χ4n) is 2.35. The van der Waals surface area contributed by atoms with Gasteiger partial charge in [0.05, 0.1) is 0 Å². The molecule has 1 fully saturated rings. The number of carbonyl (C=O) groups excluding carboxylic acids is 1. The van der Waals surface area contributed by atoms with Gasteiger partial charge in [0.1, 0.15) is 5.38 Å². The van der Waals surface area contributed by atoms with Gasteiger partial charge in [-0.2, -0.15) is 0 Å². The van der Waals surface area contributed by atoms with E-state index in [-0.39, 0.29) is 11.8 Å². The highest BCUT2D eigenvalue weighted by molar-refractivity contribution is 9.10. The number of nitrogens with zero attached hydrogens (tertiary/aromatic N) is 1. The molecule has 0 saturated carbocycles. The van der Waals surface area contributed by atoms with Crippen molar-refractivity contribution in [2.75, 3.05) is 4.90 Å². The maximum absolute atomic E-state index is 12.4. The Bertz CT molecular complexity index is 603. The lowest BCUT2D eigenvalue weighted by Crippen LogP contribution is -2.26. The van der Waals surface area contributed by atoms with E-state index in [1.54, 1.807) is 4.90 Å². The fourth-order valence-corrected chi connectivity index (χ4v) is 2.93. The largest absolute Gasteiger partial charge is 0.283 e. The van der Waals surface area contributed by atoms with Crippen LogP contribution in [-0.4, -0.2) is 11.3 Å². The van der Waals surface area contributed by atoms with Crippen LogP contribution in [0.1, 0.15) is 0 Å². The van der Waals surface area contributed by atoms with Gasteiger partial charge >= 0.3 is 0 Å². The Labute approximate surface area is 125 Å². The Hall–Kier alpha value is -1.32. The molecule has 2 aliphatic rings. The van der Waals surface area contributed by atoms with Gasteiger partial charge in [0.2, 0.25) is 5.91 Å². The first kappa shape index (κ1) is 12.7. The molecule has 1 heterocycles. The van der Waals surface area contributed by atoms with Crippen molar-refractivity contribution >= 4 is 39.1 Å². The first-order valence-electron chi connectivity index (χ1n) is 5.97. The lowest BCUT2D eigenvalue weighted by atomic mass is 10.0. The van der Waals surface area contributed by atoms with Crippen LogP contribution >= 0.6 is 27.5 Å². The summed E-state index contributed by atoms with van der Waals surface area (Å²) in [6.45, 7) is 0. The number of anilines is 1. The summed E-state index contributed by atoms with van der Waals surface area (Å²) >= 11 is 9.66. The van der Waals surface area contributed by atoms with Gasteiger partial charge in [0, 0.05) is 21.8 Å². The average molecular weight is 337 g/mol. The van der Waals surface area contributed by atoms with Crippen molar-refractivity contribution in [2.24, 2.45) is 5.92 Å². The molecule has 0 aromatic heterocycles. The van der Waals surface area contributed by atoms with E-state index in [1.807, 2.05) is 54.6 Å². The number of rotatable bonds is 1. The van der Waals surface area contributed by atoms with E-state index < -0.39 is 5.38 Å². The molecule has 1 aromatic rings. The number of fused-ring (bicyclic) bond motifs is 1. The zero-order valence-corrected chi connectivity index (χ0v) is 12.3. The topological polar surface area (TPSA) is 20.3 Å². The minimum atomic E-state index is -0.536. The fraction of sp³-hybridized carbons (Fsp3) is 0.133. The van der Waals surface area contributed by atoms with Gasteiger partial charge in [-0.25, -0.2) is 0 Å². The van der Waals surface area contributed by atoms with Crippen molar-refractivity contribution in [1.82, 2.24) is 0 Å². The highest BCUT2D eigenvalue weighted by Crippen LogP contribution is 2.38. The molecule has 2 nitrogen and oxygen atoms in total. The standard InChI is InChI=1S/C15H11BrClNO/c16-10-6-8-11(9-7-10)18-13-5-3-1-2-4-12(13)14(17)15(18)19/h1-9,12,14H/t12-,14+/m1/s1. The molecule has 0 spiro atoms. The van der Waals surface area contributed by atoms with Crippen molar-refractivity contribution in [3.05, 3.63) is 64.8 Å². The predicted octanol–water partition coefficient (Wildman–Crippen LogP) is 4.03. The number of halogens is 2. The van der Waals surface area contributed by atoms with E-state index in [9.17, 15) is 4.79 Å². The molecule has 1 amide bonds. The lowest BCUT2D eigenvalue weighted by Gasteiger charge is -2.19. The second-order valence-electron chi connectivity index (χ2n) is 4.44. The number of allylic oxidation sites excluding steroid dienone is 5. The molecule has 96 valence electrons. The third-order valence-electron chi connectivity index (χ3n) is 3.26. The molecular weight excluding hydrogens is 326 g/mol. The van der Waals surface area contributed by atoms with E-state index in [0.717, 1.165) is 15.9 Å². The minimum Gasteiger partial charge on any atom is -0.283 e. The summed E-state index contributed by atoms with van der Waals surface area (Å²) < 4.78 is 0.983. The van der Waals surface area contributed by atoms with Crippen LogP contribution in [0.25, 0.3) is 0 Å². The van der Waals surface area contributed by atoms with Crippen LogP contribution in [0.4, 0.5) is 5.69 Å². The van der Waals surface area contributed by atoms with Crippen LogP contribution in [0.2, 0.25) is 0 Å². The highest BCUT2D eigenvalue weighted by Gasteiger charge is 2.42. The van der Waals surface area contributed by atoms with E-state index in [2.05, 4.69) is 15.9 Å². The van der Waals surface area contributed by atoms with Crippen molar-refractivity contribution in [1.29, 1.82) is 0 Å². The molecule has 1 aliphatic heterocycles. The highest BCUT2D eigenvalue weighted by atomic mass is 79.9. The summed E-state index contributed by atoms with van der Waals surface area (Å²) in [6, 6.07) is 7.66. The first-order chi connectivity index (χ1) is 9.18. The van der Waals surface area contributed by atoms with Crippen LogP contribution in [0.5, 0.6) is 0 Å². The van der Waals surface area contributed by atoms with Gasteiger partial charge in [0.15, 0.2) is 0 Å². The Kier molecular flexibility index (Phi) is 3.33. The summed E-state index contributed by atoms with van der Waals surface area (Å²) in [5, 5.41) is -0.536. The number of carbonyl (C=O) groups is 1. The van der Waals surface area contributed by atoms with E-state index >= 15 is 0 Å². The summed E-state index contributed by atoms with van der Waals surface area (Å²) in [5.74, 6) is -0.131. The number of hydrogen-bond acceptors (Lipinski definition) is 1. The van der Waals surface area contributed by atoms with Crippen LogP contribution in [0.3, 0.4) is 0 Å². The molecule has 4 heteroatoms. The van der Waals surface area contributed by atoms with Gasteiger partial charge in [-0.3, -0.25) is 9.69 Å². The van der Waals surface area contributed by atoms with Crippen molar-refractivity contribution < 1.29 is 4.79 Å². The van der Waals surface area contributed by atoms with Crippen molar-refractivity contribution in [3.8, 4) is 0 Å². The third-order valence-corrected chi connectivity index (χ3v) is 4.25. The number of hydrogen-bond donors (Lipinski definition) is 0. The van der Waals surface area contributed by atoms with Gasteiger partial charge in [-0.1, -0.05) is 40.2 Å². The Balaban J connectivity index is 2.07. The smallest absolute Gasteiger partial charge is 0.250 e. The van der Waals surface area contributed by atoms with Crippen molar-refractivity contribution in [2.45, 2.75) is 5.38 Å². The van der Waals surface area contributed by atoms with Gasteiger partial charge in [-0.05, 0) is 30.3 Å². The summed E-state index contributed by atoms with van der Waals surface area (Å²) in [7, 11) is 0. The predicted molar refractivity (Wildman–Crippen MR) is 81.1 cm³/mol. The van der Waals surface area contributed by atoms with Crippen LogP contribution < -0.4 is 4.90 Å². The normalized spacial score (nSPS) is 25.3. The zero-order valence-electron chi connectivity index (χ0n) is 9.96. The molecule has 1 aromatic carbocycles. The molecule has 0 unspecified atom stereocenters. The van der Waals surface area contributed by atoms with Gasteiger partial charge in [-0.15, -0.1) is 11.6 Å². The number of alkyl halides is 1. The van der Waals surface area contributed by atoms with Crippen molar-refractivity contribution in [3.63, 3.8) is 0 Å². The Morgan fingerprint density at radius 1 is 1.11 bits per heavy atom. The Morgan fingerprint density at radius 3 is 2.58 bits per heavy atom. The minimum absolute atomic E-state index is 0.0622. The molecule has 19 heavy (non-hydrogen) atoms. The summed E-state index contributed by atoms with van der Waals surface area (Å²) in [6.07, 6.45) is 9.73. The third kappa shape index (κ3) is 2.17. The van der Waals surface area contributed by atoms with E-state index in [0.29, 0.717) is 0 Å². The average Bonchev–Trinajstić information content (AvgIpc) is 2.61. The summed E-state index contributed by atoms with van der Waals surface area (Å²) in [5.41, 5.74) is 1.77. The van der Waals surface area contributed by atoms with Crippen LogP contribution in [-0.2, 0) is 4.79 Å². The number of benzene rings is 1. The van der Waals surface area contributed by atoms with E-state index in [1.165, 1.54) is 0 Å². The maximum atomic E-state index is 12.4. The van der Waals surface area contributed by atoms with Gasteiger partial charge < -0.3 is 0 Å². The molecule has 2 atom stereocenters. The Morgan fingerprint density at radius 2 is 1.84 bits per heavy atom. The molecule has 1 saturated heterocycles. The zero-order chi connectivity index (χ0) is 13.4. The summed E-state index contributed by atoms with van der Waals surface area (Å²) in [4.78, 5) is 14.1. The molecule has 1 aliphatic carbocycles. The van der Waals surface area contributed by atoms with E-state index in [4.69, 9.17) is 11.6 Å². The molecule has 0 N–H and O–H groups in total. The maximum Gasteiger partial charge on any atom is 0.250 e. The van der Waals surface area contributed by atoms with Gasteiger partial charge in [0.25, 0.3) is 0 Å². The second kappa shape index (κ2) is 4.99. The SMILES string of the molecule is O=C1[C@@H](Cl)[C@@H]2C=CC=CC=C2N1c1ccc(Br)cc1. The van der Waals surface area contributed by atoms with Crippen LogP contribution in [0.15, 0.2) is 64.8 Å². The molecule has 0 bridgehead atoms. The second-order valence-corrected chi connectivity index (χ2v) is 5.82. The van der Waals surface area contributed by atoms with Crippen LogP contribution in [0, 0.1) is 5.92 Å². The first-order valence-corrected chi connectivity index (χ1v) is 7.20. The molecule has 0 radical (unpaired) electrons. The quantitative estimate of drug-likeness (QED) is 0.709. The molecule has 3 rings (SSSR count).